The lowest BCUT2D eigenvalue weighted by molar-refractivity contribution is -0.111. The Morgan fingerprint density at radius 2 is 1.69 bits per heavy atom. The second-order valence-corrected chi connectivity index (χ2v) is 12.9. The summed E-state index contributed by atoms with van der Waals surface area (Å²) in [6.45, 7) is 0.192. The maximum absolute atomic E-state index is 13.9. The molecule has 0 heterocycles. The molecule has 0 aromatic heterocycles. The van der Waals surface area contributed by atoms with Crippen LogP contribution in [0.5, 0.6) is 0 Å². The van der Waals surface area contributed by atoms with Gasteiger partial charge in [0.15, 0.2) is 0 Å². The Morgan fingerprint density at radius 3 is 2.31 bits per heavy atom. The van der Waals surface area contributed by atoms with Crippen molar-refractivity contribution in [3.05, 3.63) is 92.4 Å². The van der Waals surface area contributed by atoms with Gasteiger partial charge in [0, 0.05) is 34.3 Å². The van der Waals surface area contributed by atoms with E-state index in [1.807, 2.05) is 0 Å². The van der Waals surface area contributed by atoms with E-state index in [-0.39, 0.29) is 28.7 Å². The zero-order chi connectivity index (χ0) is 25.5. The van der Waals surface area contributed by atoms with Gasteiger partial charge in [0.05, 0.1) is 21.7 Å². The van der Waals surface area contributed by atoms with Gasteiger partial charge in [-0.05, 0) is 54.1 Å². The monoisotopic (exact) mass is 664 g/mol. The fourth-order valence-electron chi connectivity index (χ4n) is 3.97. The number of aldehydes is 1. The van der Waals surface area contributed by atoms with E-state index < -0.39 is 26.2 Å². The van der Waals surface area contributed by atoms with Crippen molar-refractivity contribution in [1.29, 1.82) is 0 Å². The molecule has 0 saturated heterocycles. The van der Waals surface area contributed by atoms with Gasteiger partial charge >= 0.3 is 0 Å². The number of hydrogen-bond donors (Lipinski definition) is 2. The largest absolute Gasteiger partial charge is 0.384 e. The summed E-state index contributed by atoms with van der Waals surface area (Å²) in [6, 6.07) is 12.6. The highest BCUT2D eigenvalue weighted by Crippen LogP contribution is 2.75. The lowest BCUT2D eigenvalue weighted by atomic mass is 10.00. The number of rotatable bonds is 7. The maximum Gasteiger partial charge on any atom is 0.257 e. The molecule has 1 aliphatic rings. The molecule has 0 bridgehead atoms. The van der Waals surface area contributed by atoms with Gasteiger partial charge in [0.1, 0.15) is 21.2 Å². The summed E-state index contributed by atoms with van der Waals surface area (Å²) < 4.78 is 26.3. The summed E-state index contributed by atoms with van der Waals surface area (Å²) in [6.07, 6.45) is 0.851. The number of carbonyl (C=O) groups is 2. The lowest BCUT2D eigenvalue weighted by Gasteiger charge is -2.15. The summed E-state index contributed by atoms with van der Waals surface area (Å²) in [5, 5.41) is 6.59. The standard InChI is InChI=1S/C24H15Br2Cl3F2N2O2/c25-24(26)21(12-5-13(27)7-14(28)6-12)23(24,11-34)10-32-16-2-3-18(29)17(9-16)22(35)33-20-4-1-15(30)8-19(20)31/h1-9,11,21,32H,10H2,(H,33,35). The van der Waals surface area contributed by atoms with E-state index in [9.17, 15) is 18.4 Å². The number of alkyl halides is 2. The molecule has 35 heavy (non-hydrogen) atoms. The van der Waals surface area contributed by atoms with Crippen LogP contribution in [-0.4, -0.2) is 22.0 Å². The van der Waals surface area contributed by atoms with Crippen LogP contribution in [0.4, 0.5) is 20.2 Å². The van der Waals surface area contributed by atoms with Gasteiger partial charge in [-0.25, -0.2) is 8.78 Å². The molecule has 1 amide bonds. The van der Waals surface area contributed by atoms with Gasteiger partial charge in [-0.2, -0.15) is 0 Å². The van der Waals surface area contributed by atoms with Gasteiger partial charge in [-0.3, -0.25) is 4.79 Å². The molecule has 0 aliphatic heterocycles. The molecule has 4 rings (SSSR count). The van der Waals surface area contributed by atoms with Crippen molar-refractivity contribution in [3.8, 4) is 0 Å². The Hall–Kier alpha value is -1.71. The van der Waals surface area contributed by atoms with E-state index in [1.165, 1.54) is 12.1 Å². The van der Waals surface area contributed by atoms with Crippen LogP contribution in [0.1, 0.15) is 21.8 Å². The average molecular weight is 668 g/mol. The maximum atomic E-state index is 13.9. The summed E-state index contributed by atoms with van der Waals surface area (Å²) in [4.78, 5) is 25.0. The quantitative estimate of drug-likeness (QED) is 0.198. The van der Waals surface area contributed by atoms with Crippen molar-refractivity contribution in [2.24, 2.45) is 5.41 Å². The van der Waals surface area contributed by atoms with Crippen molar-refractivity contribution < 1.29 is 18.4 Å². The molecule has 2 unspecified atom stereocenters. The third-order valence-corrected chi connectivity index (χ3v) is 8.98. The highest BCUT2D eigenvalue weighted by molar-refractivity contribution is 9.25. The lowest BCUT2D eigenvalue weighted by Crippen LogP contribution is -2.23. The van der Waals surface area contributed by atoms with Gasteiger partial charge in [-0.1, -0.05) is 66.7 Å². The molecule has 2 atom stereocenters. The molecule has 2 N–H and O–H groups in total. The first-order valence-electron chi connectivity index (χ1n) is 10.1. The molecule has 3 aromatic rings. The van der Waals surface area contributed by atoms with Gasteiger partial charge < -0.3 is 15.4 Å². The molecule has 4 nitrogen and oxygen atoms in total. The molecule has 3 aromatic carbocycles. The summed E-state index contributed by atoms with van der Waals surface area (Å²) in [5.41, 5.74) is 0.266. The fraction of sp³-hybridized carbons (Fsp3) is 0.167. The summed E-state index contributed by atoms with van der Waals surface area (Å²) in [7, 11) is 0. The number of nitrogens with one attached hydrogen (secondary N) is 2. The van der Waals surface area contributed by atoms with Crippen LogP contribution >= 0.6 is 66.7 Å². The van der Waals surface area contributed by atoms with Crippen LogP contribution < -0.4 is 10.6 Å². The van der Waals surface area contributed by atoms with E-state index in [0.29, 0.717) is 21.8 Å². The summed E-state index contributed by atoms with van der Waals surface area (Å²) >= 11 is 25.7. The fourth-order valence-corrected chi connectivity index (χ4v) is 6.76. The van der Waals surface area contributed by atoms with Crippen molar-refractivity contribution in [2.45, 2.75) is 9.15 Å². The molecule has 0 spiro atoms. The second kappa shape index (κ2) is 9.98. The predicted octanol–water partition coefficient (Wildman–Crippen LogP) is 8.06. The van der Waals surface area contributed by atoms with E-state index >= 15 is 0 Å². The number of carbonyl (C=O) groups excluding carboxylic acids is 2. The Kier molecular flexibility index (Phi) is 7.51. The van der Waals surface area contributed by atoms with E-state index in [2.05, 4.69) is 42.5 Å². The first-order chi connectivity index (χ1) is 16.5. The van der Waals surface area contributed by atoms with Crippen LogP contribution in [0.25, 0.3) is 0 Å². The number of anilines is 2. The average Bonchev–Trinajstić information content (AvgIpc) is 3.29. The Bertz CT molecular complexity index is 1320. The van der Waals surface area contributed by atoms with Crippen molar-refractivity contribution in [2.75, 3.05) is 17.2 Å². The van der Waals surface area contributed by atoms with Gasteiger partial charge in [0.2, 0.25) is 0 Å². The minimum Gasteiger partial charge on any atom is -0.384 e. The zero-order valence-corrected chi connectivity index (χ0v) is 23.0. The van der Waals surface area contributed by atoms with Crippen LogP contribution in [0.2, 0.25) is 15.1 Å². The number of amides is 1. The van der Waals surface area contributed by atoms with E-state index in [4.69, 9.17) is 34.8 Å². The zero-order valence-electron chi connectivity index (χ0n) is 17.5. The number of hydrogen-bond acceptors (Lipinski definition) is 3. The normalized spacial score (nSPS) is 20.3. The first-order valence-corrected chi connectivity index (χ1v) is 12.8. The van der Waals surface area contributed by atoms with Crippen molar-refractivity contribution in [1.82, 2.24) is 0 Å². The Morgan fingerprint density at radius 1 is 1.00 bits per heavy atom. The number of halogens is 7. The third kappa shape index (κ3) is 5.09. The minimum absolute atomic E-state index is 0.0680. The molecule has 182 valence electrons. The SMILES string of the molecule is O=CC1(CNc2ccc(Cl)c(C(=O)Nc3ccc(F)cc3F)c2)C(c2cc(Cl)cc(Cl)c2)C1(Br)Br. The van der Waals surface area contributed by atoms with Crippen LogP contribution in [-0.2, 0) is 4.79 Å². The van der Waals surface area contributed by atoms with Crippen LogP contribution in [0, 0.1) is 17.0 Å². The van der Waals surface area contributed by atoms with Crippen LogP contribution in [0.3, 0.4) is 0 Å². The summed E-state index contributed by atoms with van der Waals surface area (Å²) in [5.74, 6) is -2.64. The van der Waals surface area contributed by atoms with Gasteiger partial charge in [-0.15, -0.1) is 0 Å². The van der Waals surface area contributed by atoms with Crippen molar-refractivity contribution >= 4 is 90.2 Å². The topological polar surface area (TPSA) is 58.2 Å². The molecule has 1 saturated carbocycles. The molecule has 1 aliphatic carbocycles. The van der Waals surface area contributed by atoms with E-state index in [0.717, 1.165) is 24.0 Å². The van der Waals surface area contributed by atoms with E-state index in [1.54, 1.807) is 24.3 Å². The van der Waals surface area contributed by atoms with Crippen molar-refractivity contribution in [3.63, 3.8) is 0 Å². The highest BCUT2D eigenvalue weighted by atomic mass is 79.9. The second-order valence-electron chi connectivity index (χ2n) is 8.04. The smallest absolute Gasteiger partial charge is 0.257 e. The van der Waals surface area contributed by atoms with Gasteiger partial charge in [0.25, 0.3) is 5.91 Å². The predicted molar refractivity (Wildman–Crippen MR) is 143 cm³/mol. The Labute approximate surface area is 231 Å². The highest BCUT2D eigenvalue weighted by Gasteiger charge is 2.75. The number of benzene rings is 3. The third-order valence-electron chi connectivity index (χ3n) is 5.82. The molecule has 1 fully saturated rings. The molecule has 11 heteroatoms. The molecular formula is C24H15Br2Cl3F2N2O2. The molecule has 0 radical (unpaired) electrons. The molecular weight excluding hydrogens is 652 g/mol. The van der Waals surface area contributed by atoms with Crippen LogP contribution in [0.15, 0.2) is 54.6 Å². The first kappa shape index (κ1) is 26.4. The minimum atomic E-state index is -0.913. The Balaban J connectivity index is 1.54.